The Morgan fingerprint density at radius 3 is 2.77 bits per heavy atom. The van der Waals surface area contributed by atoms with E-state index in [0.29, 0.717) is 33.0 Å². The lowest BCUT2D eigenvalue weighted by Crippen LogP contribution is -2.14. The molecule has 0 saturated heterocycles. The summed E-state index contributed by atoms with van der Waals surface area (Å²) in [7, 11) is 1.46. The van der Waals surface area contributed by atoms with Crippen LogP contribution in [0.2, 0.25) is 5.02 Å². The second-order valence-electron chi connectivity index (χ2n) is 6.25. The number of allylic oxidation sites excluding steroid dienone is 1. The van der Waals surface area contributed by atoms with Crippen LogP contribution in [0.15, 0.2) is 41.2 Å². The molecule has 0 bridgehead atoms. The van der Waals surface area contributed by atoms with Gasteiger partial charge in [-0.05, 0) is 48.9 Å². The number of fused-ring (bicyclic) bond motifs is 1. The molecule has 9 heteroatoms. The standard InChI is InChI=1S/C22H18ClN3O5/c1-3-30-20(27)12-31-18-7-4-13(9-19(18)29-2)8-14(11-24)21-25-17-6-5-15(23)10-16(17)22(28)26-21/h4-10H,3,12H2,1-2H3,(H,25,26,28). The number of aromatic amines is 1. The molecule has 8 nitrogen and oxygen atoms in total. The molecule has 3 aromatic rings. The third-order valence-corrected chi connectivity index (χ3v) is 4.43. The van der Waals surface area contributed by atoms with E-state index in [-0.39, 0.29) is 24.6 Å². The summed E-state index contributed by atoms with van der Waals surface area (Å²) >= 11 is 5.93. The minimum Gasteiger partial charge on any atom is -0.493 e. The fraction of sp³-hybridized carbons (Fsp3) is 0.182. The van der Waals surface area contributed by atoms with E-state index >= 15 is 0 Å². The highest BCUT2D eigenvalue weighted by Crippen LogP contribution is 2.29. The number of esters is 1. The number of carbonyl (C=O) groups excluding carboxylic acids is 1. The van der Waals surface area contributed by atoms with Crippen molar-refractivity contribution in [1.82, 2.24) is 9.97 Å². The van der Waals surface area contributed by atoms with E-state index in [4.69, 9.17) is 25.8 Å². The van der Waals surface area contributed by atoms with Crippen LogP contribution in [0.5, 0.6) is 11.5 Å². The van der Waals surface area contributed by atoms with Gasteiger partial charge in [-0.2, -0.15) is 5.26 Å². The SMILES string of the molecule is CCOC(=O)COc1ccc(C=C(C#N)c2nc3ccc(Cl)cc3c(=O)[nH]2)cc1OC. The summed E-state index contributed by atoms with van der Waals surface area (Å²) in [6, 6.07) is 11.7. The van der Waals surface area contributed by atoms with Gasteiger partial charge in [-0.1, -0.05) is 17.7 Å². The van der Waals surface area contributed by atoms with Gasteiger partial charge in [0.1, 0.15) is 6.07 Å². The zero-order valence-corrected chi connectivity index (χ0v) is 17.5. The molecule has 0 saturated carbocycles. The number of rotatable bonds is 7. The summed E-state index contributed by atoms with van der Waals surface area (Å²) in [4.78, 5) is 30.8. The summed E-state index contributed by atoms with van der Waals surface area (Å²) in [5.74, 6) is 0.349. The van der Waals surface area contributed by atoms with Crippen molar-refractivity contribution in [3.63, 3.8) is 0 Å². The molecule has 2 aromatic carbocycles. The zero-order chi connectivity index (χ0) is 22.4. The maximum absolute atomic E-state index is 12.4. The average molecular weight is 440 g/mol. The summed E-state index contributed by atoms with van der Waals surface area (Å²) in [5, 5.41) is 10.4. The maximum atomic E-state index is 12.4. The zero-order valence-electron chi connectivity index (χ0n) is 16.8. The van der Waals surface area contributed by atoms with Crippen LogP contribution in [-0.2, 0) is 9.53 Å². The Kier molecular flexibility index (Phi) is 6.90. The van der Waals surface area contributed by atoms with E-state index < -0.39 is 11.5 Å². The van der Waals surface area contributed by atoms with E-state index in [9.17, 15) is 14.9 Å². The first-order valence-corrected chi connectivity index (χ1v) is 9.61. The van der Waals surface area contributed by atoms with Gasteiger partial charge in [0.05, 0.1) is 30.2 Å². The third kappa shape index (κ3) is 5.21. The van der Waals surface area contributed by atoms with E-state index in [1.807, 2.05) is 6.07 Å². The van der Waals surface area contributed by atoms with Gasteiger partial charge in [-0.3, -0.25) is 4.79 Å². The summed E-state index contributed by atoms with van der Waals surface area (Å²) in [6.07, 6.45) is 1.55. The van der Waals surface area contributed by atoms with E-state index in [1.54, 1.807) is 43.3 Å². The van der Waals surface area contributed by atoms with Crippen LogP contribution in [0.25, 0.3) is 22.6 Å². The number of aromatic nitrogens is 2. The van der Waals surface area contributed by atoms with Gasteiger partial charge in [0.15, 0.2) is 23.9 Å². The maximum Gasteiger partial charge on any atom is 0.344 e. The van der Waals surface area contributed by atoms with Gasteiger partial charge >= 0.3 is 5.97 Å². The molecule has 1 heterocycles. The number of nitrogens with one attached hydrogen (secondary N) is 1. The van der Waals surface area contributed by atoms with Gasteiger partial charge in [0, 0.05) is 5.02 Å². The summed E-state index contributed by atoms with van der Waals surface area (Å²) in [5.41, 5.74) is 0.778. The number of halogens is 1. The normalized spacial score (nSPS) is 11.1. The van der Waals surface area contributed by atoms with Crippen molar-refractivity contribution in [2.24, 2.45) is 0 Å². The number of hydrogen-bond acceptors (Lipinski definition) is 7. The number of H-pyrrole nitrogens is 1. The molecule has 158 valence electrons. The Morgan fingerprint density at radius 1 is 1.26 bits per heavy atom. The Balaban J connectivity index is 1.93. The summed E-state index contributed by atoms with van der Waals surface area (Å²) in [6.45, 7) is 1.71. The first kappa shape index (κ1) is 21.9. The molecule has 0 unspecified atom stereocenters. The third-order valence-electron chi connectivity index (χ3n) is 4.19. The van der Waals surface area contributed by atoms with Crippen molar-refractivity contribution in [1.29, 1.82) is 5.26 Å². The molecular formula is C22H18ClN3O5. The van der Waals surface area contributed by atoms with Crippen LogP contribution in [0.3, 0.4) is 0 Å². The Bertz CT molecular complexity index is 1260. The number of ether oxygens (including phenoxy) is 3. The van der Waals surface area contributed by atoms with Crippen LogP contribution < -0.4 is 15.0 Å². The Hall–Kier alpha value is -3.83. The number of nitrogens with zero attached hydrogens (tertiary/aromatic N) is 2. The molecule has 0 amide bonds. The second-order valence-corrected chi connectivity index (χ2v) is 6.69. The van der Waals surface area contributed by atoms with Crippen molar-refractivity contribution in [2.75, 3.05) is 20.3 Å². The molecule has 0 spiro atoms. The molecule has 0 atom stereocenters. The molecule has 1 aromatic heterocycles. The van der Waals surface area contributed by atoms with Crippen LogP contribution in [0, 0.1) is 11.3 Å². The van der Waals surface area contributed by atoms with Gasteiger partial charge in [-0.25, -0.2) is 9.78 Å². The van der Waals surface area contributed by atoms with Gasteiger partial charge in [-0.15, -0.1) is 0 Å². The highest BCUT2D eigenvalue weighted by molar-refractivity contribution is 6.31. The smallest absolute Gasteiger partial charge is 0.344 e. The summed E-state index contributed by atoms with van der Waals surface area (Å²) < 4.78 is 15.6. The topological polar surface area (TPSA) is 114 Å². The van der Waals surface area contributed by atoms with Crippen molar-refractivity contribution in [3.8, 4) is 17.6 Å². The lowest BCUT2D eigenvalue weighted by molar-refractivity contribution is -0.145. The molecule has 3 rings (SSSR count). The van der Waals surface area contributed by atoms with Gasteiger partial charge < -0.3 is 19.2 Å². The molecule has 0 aliphatic carbocycles. The molecule has 0 aliphatic rings. The van der Waals surface area contributed by atoms with Crippen molar-refractivity contribution >= 4 is 40.1 Å². The number of carbonyl (C=O) groups is 1. The fourth-order valence-electron chi connectivity index (χ4n) is 2.79. The fourth-order valence-corrected chi connectivity index (χ4v) is 2.96. The van der Waals surface area contributed by atoms with Crippen molar-refractivity contribution in [3.05, 3.63) is 63.2 Å². The average Bonchev–Trinajstić information content (AvgIpc) is 2.76. The van der Waals surface area contributed by atoms with Crippen LogP contribution in [0.1, 0.15) is 18.3 Å². The molecule has 1 N–H and O–H groups in total. The number of nitriles is 1. The lowest BCUT2D eigenvalue weighted by Gasteiger charge is -2.11. The highest BCUT2D eigenvalue weighted by Gasteiger charge is 2.12. The molecular weight excluding hydrogens is 422 g/mol. The van der Waals surface area contributed by atoms with E-state index in [0.717, 1.165) is 0 Å². The van der Waals surface area contributed by atoms with Crippen LogP contribution >= 0.6 is 11.6 Å². The van der Waals surface area contributed by atoms with E-state index in [1.165, 1.54) is 13.2 Å². The monoisotopic (exact) mass is 439 g/mol. The minimum absolute atomic E-state index is 0.129. The molecule has 0 radical (unpaired) electrons. The predicted molar refractivity (Wildman–Crippen MR) is 116 cm³/mol. The molecule has 0 aliphatic heterocycles. The van der Waals surface area contributed by atoms with Crippen LogP contribution in [0.4, 0.5) is 0 Å². The first-order valence-electron chi connectivity index (χ1n) is 9.23. The Labute approximate surface area is 182 Å². The van der Waals surface area contributed by atoms with E-state index in [2.05, 4.69) is 9.97 Å². The minimum atomic E-state index is -0.493. The lowest BCUT2D eigenvalue weighted by atomic mass is 10.1. The second kappa shape index (κ2) is 9.78. The van der Waals surface area contributed by atoms with Crippen molar-refractivity contribution in [2.45, 2.75) is 6.92 Å². The number of benzene rings is 2. The quantitative estimate of drug-likeness (QED) is 0.442. The van der Waals surface area contributed by atoms with Gasteiger partial charge in [0.2, 0.25) is 0 Å². The highest BCUT2D eigenvalue weighted by atomic mass is 35.5. The molecule has 0 fully saturated rings. The number of hydrogen-bond donors (Lipinski definition) is 1. The Morgan fingerprint density at radius 2 is 2.06 bits per heavy atom. The van der Waals surface area contributed by atoms with Gasteiger partial charge in [0.25, 0.3) is 5.56 Å². The van der Waals surface area contributed by atoms with Crippen LogP contribution in [-0.4, -0.2) is 36.3 Å². The number of methoxy groups -OCH3 is 1. The first-order chi connectivity index (χ1) is 14.9. The predicted octanol–water partition coefficient (Wildman–Crippen LogP) is 3.59. The molecule has 31 heavy (non-hydrogen) atoms. The van der Waals surface area contributed by atoms with Crippen molar-refractivity contribution < 1.29 is 19.0 Å². The largest absolute Gasteiger partial charge is 0.493 e.